The molecule has 0 rings (SSSR count). The molecule has 0 fully saturated rings. The van der Waals surface area contributed by atoms with Gasteiger partial charge in [-0.05, 0) is 12.8 Å². The lowest BCUT2D eigenvalue weighted by atomic mass is 10.5. The Labute approximate surface area is 62.5 Å². The molecule has 0 amide bonds. The van der Waals surface area contributed by atoms with Crippen LogP contribution in [0.2, 0.25) is 0 Å². The quantitative estimate of drug-likeness (QED) is 0.575. The molecule has 0 aliphatic rings. The minimum absolute atomic E-state index is 0.132. The van der Waals surface area contributed by atoms with Crippen LogP contribution in [-0.2, 0) is 14.3 Å². The van der Waals surface area contributed by atoms with E-state index in [0.717, 1.165) is 6.42 Å². The second-order valence-corrected chi connectivity index (χ2v) is 3.84. The van der Waals surface area contributed by atoms with Crippen molar-refractivity contribution in [2.75, 3.05) is 12.4 Å². The Kier molecular flexibility index (Phi) is 4.64. The summed E-state index contributed by atoms with van der Waals surface area (Å²) in [5.74, 6) is 0.132. The molecule has 62 valence electrons. The maximum absolute atomic E-state index is 10.8. The molecular weight excluding hydrogens is 152 g/mol. The second kappa shape index (κ2) is 4.68. The zero-order valence-corrected chi connectivity index (χ0v) is 7.28. The predicted molar refractivity (Wildman–Crippen MR) is 40.3 cm³/mol. The molecule has 0 aromatic carbocycles. The van der Waals surface area contributed by atoms with Crippen molar-refractivity contribution in [1.29, 1.82) is 0 Å². The van der Waals surface area contributed by atoms with Crippen molar-refractivity contribution in [2.24, 2.45) is 0 Å². The van der Waals surface area contributed by atoms with Crippen LogP contribution in [0.1, 0.15) is 26.7 Å². The minimum atomic E-state index is -3.19. The third-order valence-corrected chi connectivity index (χ3v) is 2.36. The van der Waals surface area contributed by atoms with Crippen LogP contribution in [0, 0.1) is 0 Å². The highest BCUT2D eigenvalue weighted by Crippen LogP contribution is 1.96. The fourth-order valence-electron chi connectivity index (χ4n) is 0.519. The third-order valence-electron chi connectivity index (χ3n) is 0.921. The maximum Gasteiger partial charge on any atom is 0.267 e. The lowest BCUT2D eigenvalue weighted by molar-refractivity contribution is 0.318. The normalized spacial score (nSPS) is 11.8. The molecule has 0 saturated carbocycles. The average Bonchev–Trinajstić information content (AvgIpc) is 1.84. The van der Waals surface area contributed by atoms with Gasteiger partial charge in [0.2, 0.25) is 0 Å². The monoisotopic (exact) mass is 166 g/mol. The molecule has 0 aliphatic heterocycles. The molecule has 0 N–H and O–H groups in total. The van der Waals surface area contributed by atoms with Crippen LogP contribution in [0.15, 0.2) is 0 Å². The molecule has 0 saturated heterocycles. The first-order chi connectivity index (χ1) is 4.62. The molecule has 4 heteroatoms. The summed E-state index contributed by atoms with van der Waals surface area (Å²) in [6, 6.07) is 0. The topological polar surface area (TPSA) is 43.4 Å². The summed E-state index contributed by atoms with van der Waals surface area (Å²) < 4.78 is 26.1. The molecule has 3 nitrogen and oxygen atoms in total. The summed E-state index contributed by atoms with van der Waals surface area (Å²) in [6.45, 7) is 4.00. The van der Waals surface area contributed by atoms with Gasteiger partial charge in [0.25, 0.3) is 10.1 Å². The first-order valence-electron chi connectivity index (χ1n) is 3.49. The lowest BCUT2D eigenvalue weighted by Crippen LogP contribution is -2.10. The molecule has 0 spiro atoms. The summed E-state index contributed by atoms with van der Waals surface area (Å²) >= 11 is 0. The Morgan fingerprint density at radius 2 is 1.80 bits per heavy atom. The standard InChI is InChI=1S/C6H14O3S/c1-3-5-9-10(7,8)6-4-2/h3-6H2,1-2H3. The van der Waals surface area contributed by atoms with Crippen LogP contribution in [0.4, 0.5) is 0 Å². The average molecular weight is 166 g/mol. The SMILES string of the molecule is CCCOS(=O)(=O)CCC. The van der Waals surface area contributed by atoms with E-state index in [4.69, 9.17) is 0 Å². The van der Waals surface area contributed by atoms with E-state index in [-0.39, 0.29) is 5.75 Å². The smallest absolute Gasteiger partial charge is 0.267 e. The van der Waals surface area contributed by atoms with E-state index >= 15 is 0 Å². The van der Waals surface area contributed by atoms with Crippen LogP contribution in [0.25, 0.3) is 0 Å². The van der Waals surface area contributed by atoms with Crippen molar-refractivity contribution in [3.05, 3.63) is 0 Å². The second-order valence-electron chi connectivity index (χ2n) is 2.08. The summed E-state index contributed by atoms with van der Waals surface area (Å²) in [5, 5.41) is 0. The highest BCUT2D eigenvalue weighted by molar-refractivity contribution is 7.86. The van der Waals surface area contributed by atoms with Crippen molar-refractivity contribution in [2.45, 2.75) is 26.7 Å². The molecule has 0 aliphatic carbocycles. The summed E-state index contributed by atoms with van der Waals surface area (Å²) in [4.78, 5) is 0. The number of rotatable bonds is 5. The van der Waals surface area contributed by atoms with Crippen molar-refractivity contribution < 1.29 is 12.6 Å². The fourth-order valence-corrected chi connectivity index (χ4v) is 1.56. The van der Waals surface area contributed by atoms with Gasteiger partial charge in [-0.2, -0.15) is 8.42 Å². The molecule has 0 aromatic rings. The maximum atomic E-state index is 10.8. The van der Waals surface area contributed by atoms with Crippen molar-refractivity contribution in [3.63, 3.8) is 0 Å². The van der Waals surface area contributed by atoms with E-state index in [1.54, 1.807) is 0 Å². The lowest BCUT2D eigenvalue weighted by Gasteiger charge is -2.00. The first kappa shape index (κ1) is 9.91. The van der Waals surface area contributed by atoms with Gasteiger partial charge in [-0.25, -0.2) is 0 Å². The van der Waals surface area contributed by atoms with E-state index in [1.165, 1.54) is 0 Å². The van der Waals surface area contributed by atoms with Crippen LogP contribution in [-0.4, -0.2) is 20.8 Å². The van der Waals surface area contributed by atoms with E-state index in [2.05, 4.69) is 4.18 Å². The molecule has 0 unspecified atom stereocenters. The van der Waals surface area contributed by atoms with Gasteiger partial charge < -0.3 is 0 Å². The van der Waals surface area contributed by atoms with Gasteiger partial charge in [-0.15, -0.1) is 0 Å². The van der Waals surface area contributed by atoms with E-state index in [1.807, 2.05) is 13.8 Å². The van der Waals surface area contributed by atoms with Gasteiger partial charge >= 0.3 is 0 Å². The highest BCUT2D eigenvalue weighted by Gasteiger charge is 2.07. The Hall–Kier alpha value is -0.0900. The van der Waals surface area contributed by atoms with E-state index in [9.17, 15) is 8.42 Å². The van der Waals surface area contributed by atoms with Gasteiger partial charge in [0, 0.05) is 0 Å². The van der Waals surface area contributed by atoms with Gasteiger partial charge in [0.05, 0.1) is 12.4 Å². The first-order valence-corrected chi connectivity index (χ1v) is 5.07. The Bertz CT molecular complexity index is 160. The van der Waals surface area contributed by atoms with Gasteiger partial charge in [-0.3, -0.25) is 4.18 Å². The van der Waals surface area contributed by atoms with Crippen molar-refractivity contribution >= 4 is 10.1 Å². The minimum Gasteiger partial charge on any atom is -0.270 e. The number of hydrogen-bond acceptors (Lipinski definition) is 3. The fraction of sp³-hybridized carbons (Fsp3) is 1.00. The third kappa shape index (κ3) is 4.76. The summed E-state index contributed by atoms with van der Waals surface area (Å²) in [6.07, 6.45) is 1.36. The van der Waals surface area contributed by atoms with Gasteiger partial charge in [0.15, 0.2) is 0 Å². The van der Waals surface area contributed by atoms with Crippen LogP contribution in [0.5, 0.6) is 0 Å². The molecule has 10 heavy (non-hydrogen) atoms. The molecule has 0 heterocycles. The zero-order chi connectivity index (χ0) is 8.04. The molecule has 0 atom stereocenters. The van der Waals surface area contributed by atoms with Crippen LogP contribution < -0.4 is 0 Å². The van der Waals surface area contributed by atoms with E-state index in [0.29, 0.717) is 13.0 Å². The van der Waals surface area contributed by atoms with Crippen LogP contribution in [0.3, 0.4) is 0 Å². The van der Waals surface area contributed by atoms with Crippen molar-refractivity contribution in [3.8, 4) is 0 Å². The molecule has 0 aromatic heterocycles. The van der Waals surface area contributed by atoms with E-state index < -0.39 is 10.1 Å². The van der Waals surface area contributed by atoms with Crippen molar-refractivity contribution in [1.82, 2.24) is 0 Å². The molecule has 0 radical (unpaired) electrons. The summed E-state index contributed by atoms with van der Waals surface area (Å²) in [7, 11) is -3.19. The number of hydrogen-bond donors (Lipinski definition) is 0. The molecular formula is C6H14O3S. The predicted octanol–water partition coefficient (Wildman–Crippen LogP) is 1.15. The largest absolute Gasteiger partial charge is 0.270 e. The zero-order valence-electron chi connectivity index (χ0n) is 6.46. The Balaban J connectivity index is 3.65. The highest BCUT2D eigenvalue weighted by atomic mass is 32.2. The molecule has 0 bridgehead atoms. The van der Waals surface area contributed by atoms with Gasteiger partial charge in [0.1, 0.15) is 0 Å². The Morgan fingerprint density at radius 1 is 1.20 bits per heavy atom. The Morgan fingerprint density at radius 3 is 2.20 bits per heavy atom. The summed E-state index contributed by atoms with van der Waals surface area (Å²) in [5.41, 5.74) is 0. The van der Waals surface area contributed by atoms with Gasteiger partial charge in [-0.1, -0.05) is 13.8 Å². The van der Waals surface area contributed by atoms with Crippen LogP contribution >= 0.6 is 0 Å².